The average Bonchev–Trinajstić information content (AvgIpc) is 2.82. The molecule has 0 radical (unpaired) electrons. The number of nitrogens with zero attached hydrogens (tertiary/aromatic N) is 3. The van der Waals surface area contributed by atoms with Gasteiger partial charge >= 0.3 is 0 Å². The van der Waals surface area contributed by atoms with Gasteiger partial charge in [-0.2, -0.15) is 0 Å². The Morgan fingerprint density at radius 1 is 1.29 bits per heavy atom. The molecule has 0 atom stereocenters. The van der Waals surface area contributed by atoms with E-state index < -0.39 is 0 Å². The highest BCUT2D eigenvalue weighted by Gasteiger charge is 2.21. The molecule has 0 spiro atoms. The summed E-state index contributed by atoms with van der Waals surface area (Å²) in [6, 6.07) is 3.97. The predicted molar refractivity (Wildman–Crippen MR) is 63.7 cm³/mol. The number of rotatable bonds is 2. The van der Waals surface area contributed by atoms with E-state index in [9.17, 15) is 0 Å². The van der Waals surface area contributed by atoms with Crippen molar-refractivity contribution >= 4 is 5.65 Å². The third-order valence-corrected chi connectivity index (χ3v) is 3.31. The summed E-state index contributed by atoms with van der Waals surface area (Å²) in [6.45, 7) is 2.17. The summed E-state index contributed by atoms with van der Waals surface area (Å²) in [5.41, 5.74) is 7.66. The summed E-state index contributed by atoms with van der Waals surface area (Å²) in [4.78, 5) is 0. The van der Waals surface area contributed by atoms with Crippen LogP contribution in [0.2, 0.25) is 0 Å². The van der Waals surface area contributed by atoms with E-state index in [2.05, 4.69) is 14.6 Å². The van der Waals surface area contributed by atoms with E-state index in [0.29, 0.717) is 12.5 Å². The van der Waals surface area contributed by atoms with Gasteiger partial charge in [-0.15, -0.1) is 10.2 Å². The highest BCUT2D eigenvalue weighted by atomic mass is 16.5. The van der Waals surface area contributed by atoms with E-state index in [1.165, 1.54) is 0 Å². The lowest BCUT2D eigenvalue weighted by Crippen LogP contribution is -2.16. The minimum atomic E-state index is 0.451. The first-order chi connectivity index (χ1) is 8.38. The van der Waals surface area contributed by atoms with Gasteiger partial charge in [0.25, 0.3) is 0 Å². The number of hydrogen-bond donors (Lipinski definition) is 1. The summed E-state index contributed by atoms with van der Waals surface area (Å²) in [6.07, 6.45) is 4.08. The highest BCUT2D eigenvalue weighted by molar-refractivity contribution is 5.40. The van der Waals surface area contributed by atoms with Crippen molar-refractivity contribution in [1.82, 2.24) is 14.6 Å². The quantitative estimate of drug-likeness (QED) is 0.841. The molecule has 0 saturated carbocycles. The second-order valence-electron chi connectivity index (χ2n) is 4.41. The van der Waals surface area contributed by atoms with Crippen LogP contribution >= 0.6 is 0 Å². The van der Waals surface area contributed by atoms with Gasteiger partial charge < -0.3 is 10.5 Å². The lowest BCUT2D eigenvalue weighted by atomic mass is 9.99. The molecule has 1 aliphatic heterocycles. The number of nitrogens with two attached hydrogens (primary N) is 1. The van der Waals surface area contributed by atoms with Gasteiger partial charge in [0.1, 0.15) is 5.82 Å². The van der Waals surface area contributed by atoms with Gasteiger partial charge in [-0.25, -0.2) is 0 Å². The molecule has 1 saturated heterocycles. The smallest absolute Gasteiger partial charge is 0.160 e. The minimum Gasteiger partial charge on any atom is -0.381 e. The van der Waals surface area contributed by atoms with Crippen molar-refractivity contribution in [2.24, 2.45) is 5.73 Å². The molecule has 2 aromatic rings. The highest BCUT2D eigenvalue weighted by Crippen LogP contribution is 2.25. The maximum Gasteiger partial charge on any atom is 0.160 e. The zero-order valence-electron chi connectivity index (χ0n) is 9.67. The topological polar surface area (TPSA) is 65.4 Å². The molecule has 0 aliphatic carbocycles. The van der Waals surface area contributed by atoms with E-state index in [1.807, 2.05) is 18.3 Å². The van der Waals surface area contributed by atoms with Crippen molar-refractivity contribution in [3.63, 3.8) is 0 Å². The molecule has 0 unspecified atom stereocenters. The number of hydrogen-bond acceptors (Lipinski definition) is 4. The van der Waals surface area contributed by atoms with Crippen molar-refractivity contribution < 1.29 is 4.74 Å². The fourth-order valence-corrected chi connectivity index (χ4v) is 2.31. The zero-order valence-corrected chi connectivity index (χ0v) is 9.67. The fraction of sp³-hybridized carbons (Fsp3) is 0.500. The van der Waals surface area contributed by atoms with Crippen LogP contribution in [0.25, 0.3) is 5.65 Å². The standard InChI is InChI=1S/C12H16N4O/c13-7-9-1-2-11-14-15-12(16(11)8-9)10-3-5-17-6-4-10/h1-2,8,10H,3-7,13H2. The minimum absolute atomic E-state index is 0.451. The van der Waals surface area contributed by atoms with Crippen LogP contribution in [0, 0.1) is 0 Å². The van der Waals surface area contributed by atoms with Gasteiger partial charge in [0, 0.05) is 31.9 Å². The van der Waals surface area contributed by atoms with Gasteiger partial charge in [-0.05, 0) is 24.5 Å². The van der Waals surface area contributed by atoms with Gasteiger partial charge in [0.15, 0.2) is 5.65 Å². The van der Waals surface area contributed by atoms with Crippen LogP contribution in [0.5, 0.6) is 0 Å². The monoisotopic (exact) mass is 232 g/mol. The van der Waals surface area contributed by atoms with Gasteiger partial charge in [-0.1, -0.05) is 6.07 Å². The first kappa shape index (κ1) is 10.7. The second kappa shape index (κ2) is 4.43. The molecule has 1 fully saturated rings. The zero-order chi connectivity index (χ0) is 11.7. The van der Waals surface area contributed by atoms with Crippen molar-refractivity contribution in [1.29, 1.82) is 0 Å². The van der Waals surface area contributed by atoms with Gasteiger partial charge in [0.2, 0.25) is 0 Å². The van der Waals surface area contributed by atoms with E-state index in [-0.39, 0.29) is 0 Å². The van der Waals surface area contributed by atoms with Crippen LogP contribution in [0.4, 0.5) is 0 Å². The third-order valence-electron chi connectivity index (χ3n) is 3.31. The molecule has 5 nitrogen and oxygen atoms in total. The molecule has 5 heteroatoms. The molecule has 0 bridgehead atoms. The van der Waals surface area contributed by atoms with Gasteiger partial charge in [-0.3, -0.25) is 4.40 Å². The molecule has 2 N–H and O–H groups in total. The predicted octanol–water partition coefficient (Wildman–Crippen LogP) is 1.08. The lowest BCUT2D eigenvalue weighted by molar-refractivity contribution is 0.0834. The average molecular weight is 232 g/mol. The fourth-order valence-electron chi connectivity index (χ4n) is 2.31. The van der Waals surface area contributed by atoms with Crippen molar-refractivity contribution in [3.8, 4) is 0 Å². The SMILES string of the molecule is NCc1ccc2nnc(C3CCOCC3)n2c1. The summed E-state index contributed by atoms with van der Waals surface area (Å²) in [5, 5.41) is 8.51. The van der Waals surface area contributed by atoms with Gasteiger partial charge in [0.05, 0.1) is 0 Å². The Morgan fingerprint density at radius 2 is 2.12 bits per heavy atom. The van der Waals surface area contributed by atoms with Crippen LogP contribution < -0.4 is 5.73 Å². The second-order valence-corrected chi connectivity index (χ2v) is 4.41. The van der Waals surface area contributed by atoms with Crippen molar-refractivity contribution in [2.45, 2.75) is 25.3 Å². The molecule has 1 aliphatic rings. The Bertz CT molecular complexity index is 516. The van der Waals surface area contributed by atoms with Crippen LogP contribution in [-0.4, -0.2) is 27.8 Å². The van der Waals surface area contributed by atoms with Crippen molar-refractivity contribution in [3.05, 3.63) is 29.7 Å². The summed E-state index contributed by atoms with van der Waals surface area (Å²) >= 11 is 0. The Morgan fingerprint density at radius 3 is 2.88 bits per heavy atom. The summed E-state index contributed by atoms with van der Waals surface area (Å²) < 4.78 is 7.44. The first-order valence-electron chi connectivity index (χ1n) is 6.00. The van der Waals surface area contributed by atoms with E-state index >= 15 is 0 Å². The molecule has 0 aromatic carbocycles. The summed E-state index contributed by atoms with van der Waals surface area (Å²) in [7, 11) is 0. The molecule has 2 aromatic heterocycles. The Labute approximate surface area is 99.6 Å². The molecular formula is C12H16N4O. The Kier molecular flexibility index (Phi) is 2.78. The molecule has 90 valence electrons. The molecular weight excluding hydrogens is 216 g/mol. The largest absolute Gasteiger partial charge is 0.381 e. The lowest BCUT2D eigenvalue weighted by Gasteiger charge is -2.20. The molecule has 17 heavy (non-hydrogen) atoms. The van der Waals surface area contributed by atoms with E-state index in [4.69, 9.17) is 10.5 Å². The Hall–Kier alpha value is -1.46. The van der Waals surface area contributed by atoms with E-state index in [0.717, 1.165) is 43.1 Å². The number of ether oxygens (including phenoxy) is 1. The number of fused-ring (bicyclic) bond motifs is 1. The maximum absolute atomic E-state index is 5.66. The van der Waals surface area contributed by atoms with Crippen LogP contribution in [0.1, 0.15) is 30.1 Å². The van der Waals surface area contributed by atoms with Crippen LogP contribution in [0.15, 0.2) is 18.3 Å². The number of aromatic nitrogens is 3. The first-order valence-corrected chi connectivity index (χ1v) is 6.00. The molecule has 3 rings (SSSR count). The third kappa shape index (κ3) is 1.92. The molecule has 0 amide bonds. The van der Waals surface area contributed by atoms with Crippen LogP contribution in [0.3, 0.4) is 0 Å². The van der Waals surface area contributed by atoms with E-state index in [1.54, 1.807) is 0 Å². The normalized spacial score (nSPS) is 17.7. The van der Waals surface area contributed by atoms with Crippen LogP contribution in [-0.2, 0) is 11.3 Å². The molecule has 3 heterocycles. The Balaban J connectivity index is 2.02. The maximum atomic E-state index is 5.66. The summed E-state index contributed by atoms with van der Waals surface area (Å²) in [5.74, 6) is 1.49. The number of pyridine rings is 1. The van der Waals surface area contributed by atoms with Crippen molar-refractivity contribution in [2.75, 3.05) is 13.2 Å².